The number of carbonyl (C=O) groups is 2. The first-order valence-electron chi connectivity index (χ1n) is 11.9. The van der Waals surface area contributed by atoms with Gasteiger partial charge in [-0.1, -0.05) is 27.0 Å². The van der Waals surface area contributed by atoms with E-state index in [9.17, 15) is 9.18 Å². The predicted octanol–water partition coefficient (Wildman–Crippen LogP) is 6.20. The summed E-state index contributed by atoms with van der Waals surface area (Å²) in [6, 6.07) is 6.71. The van der Waals surface area contributed by atoms with E-state index < -0.39 is 0 Å². The smallest absolute Gasteiger partial charge is 0.184 e. The molecular weight excluding hydrogens is 429 g/mol. The summed E-state index contributed by atoms with van der Waals surface area (Å²) in [6.07, 6.45) is 5.87. The Morgan fingerprint density at radius 2 is 1.82 bits per heavy atom. The lowest BCUT2D eigenvalue weighted by molar-refractivity contribution is -0.117. The highest BCUT2D eigenvalue weighted by Crippen LogP contribution is 2.39. The van der Waals surface area contributed by atoms with Crippen molar-refractivity contribution in [3.05, 3.63) is 66.3 Å². The van der Waals surface area contributed by atoms with E-state index in [0.29, 0.717) is 29.4 Å². The first-order chi connectivity index (χ1) is 16.3. The van der Waals surface area contributed by atoms with E-state index in [1.807, 2.05) is 33.9 Å². The summed E-state index contributed by atoms with van der Waals surface area (Å²) in [4.78, 5) is 30.6. The van der Waals surface area contributed by atoms with Crippen LogP contribution in [0.15, 0.2) is 59.9 Å². The van der Waals surface area contributed by atoms with Gasteiger partial charge in [0.1, 0.15) is 17.8 Å². The monoisotopic (exact) mass is 467 g/mol. The van der Waals surface area contributed by atoms with Crippen LogP contribution in [0.2, 0.25) is 0 Å². The van der Waals surface area contributed by atoms with Crippen LogP contribution in [0.25, 0.3) is 10.9 Å². The van der Waals surface area contributed by atoms with Crippen molar-refractivity contribution < 1.29 is 14.0 Å². The third-order valence-electron chi connectivity index (χ3n) is 5.56. The van der Waals surface area contributed by atoms with Crippen LogP contribution in [0.5, 0.6) is 0 Å². The molecule has 3 rings (SSSR count). The van der Waals surface area contributed by atoms with Gasteiger partial charge in [-0.3, -0.25) is 9.78 Å². The Bertz CT molecular complexity index is 1020. The maximum Gasteiger partial charge on any atom is 0.184 e. The molecule has 0 atom stereocenters. The SMILES string of the molecule is C=C(CNC)N=C(C(=C)C)C(=O)C1CCC(c2ccnc3ccc(F)cc23)CC1.CC.CC=O. The highest BCUT2D eigenvalue weighted by Gasteiger charge is 2.30. The van der Waals surface area contributed by atoms with Gasteiger partial charge in [-0.25, -0.2) is 9.38 Å². The van der Waals surface area contributed by atoms with E-state index in [1.54, 1.807) is 18.3 Å². The Morgan fingerprint density at radius 1 is 1.21 bits per heavy atom. The number of aliphatic imine (C=N–C) groups is 1. The van der Waals surface area contributed by atoms with Gasteiger partial charge < -0.3 is 10.1 Å². The number of ketones is 1. The summed E-state index contributed by atoms with van der Waals surface area (Å²) in [7, 11) is 1.82. The summed E-state index contributed by atoms with van der Waals surface area (Å²) in [5.41, 5.74) is 3.66. The van der Waals surface area contributed by atoms with Gasteiger partial charge in [0, 0.05) is 29.7 Å². The molecule has 0 unspecified atom stereocenters. The second-order valence-corrected chi connectivity index (χ2v) is 8.05. The van der Waals surface area contributed by atoms with Gasteiger partial charge in [-0.05, 0) is 87.9 Å². The number of rotatable bonds is 7. The molecular formula is C28H38FN3O2. The van der Waals surface area contributed by atoms with Gasteiger partial charge in [0.15, 0.2) is 5.78 Å². The highest BCUT2D eigenvalue weighted by atomic mass is 19.1. The molecule has 2 aromatic rings. The minimum absolute atomic E-state index is 0.0545. The number of nitrogens with zero attached hydrogens (tertiary/aromatic N) is 2. The fraction of sp³-hybridized carbons (Fsp3) is 0.429. The van der Waals surface area contributed by atoms with E-state index in [0.717, 1.165) is 48.4 Å². The number of Topliss-reactive ketones (excluding diaryl/α,β-unsaturated/α-hetero) is 1. The average Bonchev–Trinajstić information content (AvgIpc) is 2.83. The number of fused-ring (bicyclic) bond motifs is 1. The van der Waals surface area contributed by atoms with Gasteiger partial charge in [-0.2, -0.15) is 0 Å². The van der Waals surface area contributed by atoms with Crippen LogP contribution in [-0.4, -0.2) is 36.4 Å². The average molecular weight is 468 g/mol. The molecule has 6 heteroatoms. The lowest BCUT2D eigenvalue weighted by atomic mass is 9.75. The van der Waals surface area contributed by atoms with Crippen molar-refractivity contribution in [1.82, 2.24) is 10.3 Å². The lowest BCUT2D eigenvalue weighted by Crippen LogP contribution is -2.28. The molecule has 1 aromatic heterocycles. The van der Waals surface area contributed by atoms with Gasteiger partial charge in [0.2, 0.25) is 0 Å². The number of benzene rings is 1. The molecule has 5 nitrogen and oxygen atoms in total. The summed E-state index contributed by atoms with van der Waals surface area (Å²) >= 11 is 0. The molecule has 0 aliphatic heterocycles. The van der Waals surface area contributed by atoms with Crippen molar-refractivity contribution in [2.45, 2.75) is 59.3 Å². The molecule has 0 saturated heterocycles. The second kappa shape index (κ2) is 15.0. The number of nitrogens with one attached hydrogen (secondary N) is 1. The summed E-state index contributed by atoms with van der Waals surface area (Å²) in [5.74, 6) is 0.0447. The second-order valence-electron chi connectivity index (χ2n) is 8.05. The number of hydrogen-bond acceptors (Lipinski definition) is 5. The van der Waals surface area contributed by atoms with Crippen molar-refractivity contribution in [3.8, 4) is 0 Å². The third-order valence-corrected chi connectivity index (χ3v) is 5.56. The number of allylic oxidation sites excluding steroid dienone is 1. The standard InChI is InChI=1S/C24H28FN3O.C2H4O.C2H6/c1-15(2)23(28-16(3)14-26-4)24(29)18-7-5-17(6-8-18)20-11-12-27-22-10-9-19(25)13-21(20)22;1-2-3;1-2/h9-13,17-18,26H,1,3,5-8,14H2,2,4H3;2H,1H3;1-2H3. The van der Waals surface area contributed by atoms with Crippen LogP contribution < -0.4 is 5.32 Å². The number of hydrogen-bond donors (Lipinski definition) is 1. The molecule has 1 aromatic carbocycles. The largest absolute Gasteiger partial charge is 0.314 e. The van der Waals surface area contributed by atoms with Crippen LogP contribution in [-0.2, 0) is 9.59 Å². The lowest BCUT2D eigenvalue weighted by Gasteiger charge is -2.29. The normalized spacial score (nSPS) is 17.5. The molecule has 0 amide bonds. The van der Waals surface area contributed by atoms with Gasteiger partial charge in [-0.15, -0.1) is 0 Å². The minimum Gasteiger partial charge on any atom is -0.314 e. The summed E-state index contributed by atoms with van der Waals surface area (Å²) in [6.45, 7) is 15.6. The molecule has 1 aliphatic carbocycles. The number of pyridine rings is 1. The van der Waals surface area contributed by atoms with E-state index in [4.69, 9.17) is 4.79 Å². The van der Waals surface area contributed by atoms with Crippen molar-refractivity contribution in [2.75, 3.05) is 13.6 Å². The van der Waals surface area contributed by atoms with E-state index in [2.05, 4.69) is 28.5 Å². The maximum absolute atomic E-state index is 13.8. The van der Waals surface area contributed by atoms with Gasteiger partial charge in [0.25, 0.3) is 0 Å². The van der Waals surface area contributed by atoms with Crippen LogP contribution in [0.1, 0.15) is 64.9 Å². The number of halogens is 1. The zero-order valence-electron chi connectivity index (χ0n) is 21.2. The molecule has 0 radical (unpaired) electrons. The van der Waals surface area contributed by atoms with Gasteiger partial charge >= 0.3 is 0 Å². The Hall–Kier alpha value is -2.99. The number of carbonyl (C=O) groups excluding carboxylic acids is 2. The van der Waals surface area contributed by atoms with Crippen LogP contribution in [0, 0.1) is 11.7 Å². The summed E-state index contributed by atoms with van der Waals surface area (Å²) < 4.78 is 13.8. The van der Waals surface area contributed by atoms with Crippen LogP contribution in [0.3, 0.4) is 0 Å². The quantitative estimate of drug-likeness (QED) is 0.389. The van der Waals surface area contributed by atoms with Crippen molar-refractivity contribution >= 4 is 28.7 Å². The fourth-order valence-electron chi connectivity index (χ4n) is 4.12. The van der Waals surface area contributed by atoms with Crippen LogP contribution >= 0.6 is 0 Å². The molecule has 0 spiro atoms. The predicted molar refractivity (Wildman–Crippen MR) is 140 cm³/mol. The maximum atomic E-state index is 13.8. The fourth-order valence-corrected chi connectivity index (χ4v) is 4.12. The van der Waals surface area contributed by atoms with Crippen molar-refractivity contribution in [1.29, 1.82) is 0 Å². The number of aromatic nitrogens is 1. The molecule has 1 fully saturated rings. The third kappa shape index (κ3) is 8.10. The van der Waals surface area contributed by atoms with Gasteiger partial charge in [0.05, 0.1) is 5.52 Å². The van der Waals surface area contributed by atoms with E-state index in [-0.39, 0.29) is 17.5 Å². The molecule has 34 heavy (non-hydrogen) atoms. The van der Waals surface area contributed by atoms with E-state index >= 15 is 0 Å². The first-order valence-corrected chi connectivity index (χ1v) is 11.9. The van der Waals surface area contributed by atoms with Crippen LogP contribution in [0.4, 0.5) is 4.39 Å². The number of likely N-dealkylation sites (N-methyl/N-ethyl adjacent to an activating group) is 1. The molecule has 1 N–H and O–H groups in total. The Labute approximate surface area is 203 Å². The molecule has 1 saturated carbocycles. The highest BCUT2D eigenvalue weighted by molar-refractivity contribution is 6.46. The topological polar surface area (TPSA) is 71.4 Å². The molecule has 0 bridgehead atoms. The Kier molecular flexibility index (Phi) is 12.8. The molecule has 1 heterocycles. The minimum atomic E-state index is -0.250. The molecule has 184 valence electrons. The summed E-state index contributed by atoms with van der Waals surface area (Å²) in [5, 5.41) is 3.86. The number of aldehydes is 1. The first kappa shape index (κ1) is 29.0. The molecule has 1 aliphatic rings. The zero-order chi connectivity index (χ0) is 25.7. The Morgan fingerprint density at radius 3 is 2.38 bits per heavy atom. The van der Waals surface area contributed by atoms with Crippen molar-refractivity contribution in [2.24, 2.45) is 10.9 Å². The Balaban J connectivity index is 0.00000107. The van der Waals surface area contributed by atoms with E-state index in [1.165, 1.54) is 13.0 Å². The zero-order valence-corrected chi connectivity index (χ0v) is 21.2. The van der Waals surface area contributed by atoms with Crippen molar-refractivity contribution in [3.63, 3.8) is 0 Å².